The Morgan fingerprint density at radius 2 is 2.00 bits per heavy atom. The van der Waals surface area contributed by atoms with Crippen molar-refractivity contribution in [1.29, 1.82) is 0 Å². The number of ether oxygens (including phenoxy) is 1. The Bertz CT molecular complexity index is 459. The van der Waals surface area contributed by atoms with Crippen LogP contribution in [-0.2, 0) is 4.74 Å². The fraction of sp³-hybridized carbons (Fsp3) is 0.625. The van der Waals surface area contributed by atoms with E-state index in [-0.39, 0.29) is 5.97 Å². The largest absolute Gasteiger partial charge is 0.462 e. The summed E-state index contributed by atoms with van der Waals surface area (Å²) < 4.78 is 5.11. The van der Waals surface area contributed by atoms with E-state index in [0.717, 1.165) is 25.9 Å². The number of rotatable bonds is 8. The molecule has 0 aliphatic rings. The van der Waals surface area contributed by atoms with Crippen LogP contribution in [0.1, 0.15) is 50.9 Å². The zero-order valence-electron chi connectivity index (χ0n) is 13.6. The van der Waals surface area contributed by atoms with Crippen LogP contribution in [0, 0.1) is 5.92 Å². The number of esters is 1. The minimum absolute atomic E-state index is 0.339. The Hall–Kier alpha value is -1.78. The number of hydrogen-bond donors (Lipinski definition) is 1. The average molecular weight is 293 g/mol. The molecular formula is C16H27N3O2. The Morgan fingerprint density at radius 1 is 1.33 bits per heavy atom. The summed E-state index contributed by atoms with van der Waals surface area (Å²) in [5, 5.41) is 0. The number of anilines is 2. The van der Waals surface area contributed by atoms with Crippen LogP contribution in [0.5, 0.6) is 0 Å². The third-order valence-corrected chi connectivity index (χ3v) is 3.70. The highest BCUT2D eigenvalue weighted by Gasteiger charge is 2.20. The summed E-state index contributed by atoms with van der Waals surface area (Å²) in [5.74, 6) is 0.881. The molecule has 5 nitrogen and oxygen atoms in total. The molecule has 1 aromatic rings. The third-order valence-electron chi connectivity index (χ3n) is 3.70. The molecule has 0 aromatic carbocycles. The maximum absolute atomic E-state index is 12.1. The number of nitrogens with zero attached hydrogens (tertiary/aromatic N) is 2. The normalized spacial score (nSPS) is 10.7. The Morgan fingerprint density at radius 3 is 2.52 bits per heavy atom. The van der Waals surface area contributed by atoms with Gasteiger partial charge in [-0.05, 0) is 25.8 Å². The van der Waals surface area contributed by atoms with E-state index in [1.807, 2.05) is 0 Å². The monoisotopic (exact) mass is 293 g/mol. The number of carbonyl (C=O) groups excluding carboxylic acids is 1. The molecule has 1 heterocycles. The second kappa shape index (κ2) is 8.49. The Balaban J connectivity index is 3.10. The first-order valence-electron chi connectivity index (χ1n) is 7.74. The van der Waals surface area contributed by atoms with Gasteiger partial charge >= 0.3 is 5.97 Å². The molecule has 21 heavy (non-hydrogen) atoms. The lowest BCUT2D eigenvalue weighted by molar-refractivity contribution is 0.0526. The van der Waals surface area contributed by atoms with Gasteiger partial charge in [-0.3, -0.25) is 0 Å². The first-order chi connectivity index (χ1) is 10.1. The van der Waals surface area contributed by atoms with Crippen molar-refractivity contribution in [2.75, 3.05) is 30.3 Å². The van der Waals surface area contributed by atoms with Gasteiger partial charge in [0, 0.05) is 13.1 Å². The van der Waals surface area contributed by atoms with Crippen molar-refractivity contribution >= 4 is 17.5 Å². The summed E-state index contributed by atoms with van der Waals surface area (Å²) in [6, 6.07) is 1.65. The number of nitrogens with two attached hydrogens (primary N) is 1. The van der Waals surface area contributed by atoms with Crippen LogP contribution < -0.4 is 10.6 Å². The van der Waals surface area contributed by atoms with Crippen molar-refractivity contribution in [3.8, 4) is 0 Å². The Labute approximate surface area is 127 Å². The molecule has 0 spiro atoms. The topological polar surface area (TPSA) is 68.5 Å². The molecule has 0 atom stereocenters. The average Bonchev–Trinajstić information content (AvgIpc) is 2.49. The summed E-state index contributed by atoms with van der Waals surface area (Å²) in [7, 11) is 0. The number of nitrogen functional groups attached to an aromatic ring is 1. The standard InChI is InChI=1S/C16H27N3O2/c1-5-12(6-2)11-19(7-3)15-14(16(20)21-8-4)9-13(17)10-18-15/h9-10,12H,5-8,11,17H2,1-4H3. The number of hydrogen-bond acceptors (Lipinski definition) is 5. The molecule has 0 aliphatic heterocycles. The molecule has 2 N–H and O–H groups in total. The molecule has 1 aromatic heterocycles. The van der Waals surface area contributed by atoms with Gasteiger partial charge in [-0.25, -0.2) is 9.78 Å². The molecule has 0 saturated heterocycles. The smallest absolute Gasteiger partial charge is 0.341 e. The molecule has 1 rings (SSSR count). The molecule has 0 radical (unpaired) electrons. The van der Waals surface area contributed by atoms with Gasteiger partial charge in [0.2, 0.25) is 0 Å². The SMILES string of the molecule is CCOC(=O)c1cc(N)cnc1N(CC)CC(CC)CC. The van der Waals surface area contributed by atoms with Crippen LogP contribution in [0.2, 0.25) is 0 Å². The zero-order valence-corrected chi connectivity index (χ0v) is 13.6. The number of aromatic nitrogens is 1. The maximum Gasteiger partial charge on any atom is 0.341 e. The molecule has 0 unspecified atom stereocenters. The molecule has 5 heteroatoms. The fourth-order valence-corrected chi connectivity index (χ4v) is 2.31. The minimum Gasteiger partial charge on any atom is -0.462 e. The quantitative estimate of drug-likeness (QED) is 0.746. The molecule has 118 valence electrons. The summed E-state index contributed by atoms with van der Waals surface area (Å²) in [6.07, 6.45) is 3.81. The Kier molecular flexibility index (Phi) is 6.99. The van der Waals surface area contributed by atoms with Gasteiger partial charge in [0.1, 0.15) is 11.4 Å². The van der Waals surface area contributed by atoms with Crippen LogP contribution in [0.4, 0.5) is 11.5 Å². The van der Waals surface area contributed by atoms with E-state index in [9.17, 15) is 4.79 Å². The van der Waals surface area contributed by atoms with Gasteiger partial charge in [-0.15, -0.1) is 0 Å². The van der Waals surface area contributed by atoms with Crippen molar-refractivity contribution in [3.63, 3.8) is 0 Å². The van der Waals surface area contributed by atoms with E-state index in [4.69, 9.17) is 10.5 Å². The van der Waals surface area contributed by atoms with E-state index in [1.165, 1.54) is 0 Å². The summed E-state index contributed by atoms with van der Waals surface area (Å²) in [6.45, 7) is 10.2. The van der Waals surface area contributed by atoms with Gasteiger partial charge in [-0.2, -0.15) is 0 Å². The highest BCUT2D eigenvalue weighted by molar-refractivity contribution is 5.95. The summed E-state index contributed by atoms with van der Waals surface area (Å²) in [5.41, 5.74) is 6.69. The molecule has 0 aliphatic carbocycles. The highest BCUT2D eigenvalue weighted by atomic mass is 16.5. The second-order valence-electron chi connectivity index (χ2n) is 5.08. The van der Waals surface area contributed by atoms with Crippen LogP contribution >= 0.6 is 0 Å². The molecule has 0 bridgehead atoms. The van der Waals surface area contributed by atoms with Crippen LogP contribution in [0.15, 0.2) is 12.3 Å². The van der Waals surface area contributed by atoms with E-state index < -0.39 is 0 Å². The van der Waals surface area contributed by atoms with Gasteiger partial charge in [-0.1, -0.05) is 26.7 Å². The maximum atomic E-state index is 12.1. The van der Waals surface area contributed by atoms with Crippen LogP contribution in [0.25, 0.3) is 0 Å². The summed E-state index contributed by atoms with van der Waals surface area (Å²) in [4.78, 5) is 18.6. The predicted octanol–water partition coefficient (Wildman–Crippen LogP) is 3.10. The first kappa shape index (κ1) is 17.3. The lowest BCUT2D eigenvalue weighted by Gasteiger charge is -2.27. The van der Waals surface area contributed by atoms with Gasteiger partial charge in [0.05, 0.1) is 18.5 Å². The molecular weight excluding hydrogens is 266 g/mol. The van der Waals surface area contributed by atoms with Crippen molar-refractivity contribution in [2.24, 2.45) is 5.92 Å². The third kappa shape index (κ3) is 4.62. The highest BCUT2D eigenvalue weighted by Crippen LogP contribution is 2.23. The van der Waals surface area contributed by atoms with Crippen molar-refractivity contribution in [3.05, 3.63) is 17.8 Å². The number of carbonyl (C=O) groups is 1. The van der Waals surface area contributed by atoms with Gasteiger partial charge < -0.3 is 15.4 Å². The van der Waals surface area contributed by atoms with E-state index in [0.29, 0.717) is 29.6 Å². The number of pyridine rings is 1. The van der Waals surface area contributed by atoms with E-state index in [2.05, 4.69) is 30.7 Å². The zero-order chi connectivity index (χ0) is 15.8. The van der Waals surface area contributed by atoms with Crippen LogP contribution in [-0.4, -0.2) is 30.6 Å². The predicted molar refractivity (Wildman–Crippen MR) is 86.6 cm³/mol. The second-order valence-corrected chi connectivity index (χ2v) is 5.08. The minimum atomic E-state index is -0.365. The van der Waals surface area contributed by atoms with Gasteiger partial charge in [0.15, 0.2) is 0 Å². The first-order valence-corrected chi connectivity index (χ1v) is 7.74. The fourth-order valence-electron chi connectivity index (χ4n) is 2.31. The summed E-state index contributed by atoms with van der Waals surface area (Å²) >= 11 is 0. The molecule has 0 amide bonds. The van der Waals surface area contributed by atoms with Crippen molar-refractivity contribution < 1.29 is 9.53 Å². The molecule has 0 fully saturated rings. The lowest BCUT2D eigenvalue weighted by atomic mass is 10.0. The molecule has 0 saturated carbocycles. The van der Waals surface area contributed by atoms with E-state index >= 15 is 0 Å². The van der Waals surface area contributed by atoms with E-state index in [1.54, 1.807) is 19.2 Å². The van der Waals surface area contributed by atoms with Crippen LogP contribution in [0.3, 0.4) is 0 Å². The van der Waals surface area contributed by atoms with Gasteiger partial charge in [0.25, 0.3) is 0 Å². The van der Waals surface area contributed by atoms with Crippen molar-refractivity contribution in [1.82, 2.24) is 4.98 Å². The lowest BCUT2D eigenvalue weighted by Crippen LogP contribution is -2.31. The van der Waals surface area contributed by atoms with Crippen molar-refractivity contribution in [2.45, 2.75) is 40.5 Å².